The van der Waals surface area contributed by atoms with Gasteiger partial charge in [0.2, 0.25) is 5.56 Å². The van der Waals surface area contributed by atoms with Gasteiger partial charge in [-0.15, -0.1) is 11.3 Å². The zero-order valence-corrected chi connectivity index (χ0v) is 19.4. The van der Waals surface area contributed by atoms with Crippen LogP contribution in [0.2, 0.25) is 0 Å². The number of fused-ring (bicyclic) bond motifs is 2. The Labute approximate surface area is 201 Å². The second-order valence-electron chi connectivity index (χ2n) is 8.43. The van der Waals surface area contributed by atoms with Crippen LogP contribution in [0.25, 0.3) is 11.3 Å². The normalized spacial score (nSPS) is 14.8. The molecule has 8 heteroatoms. The van der Waals surface area contributed by atoms with Crippen LogP contribution in [0.1, 0.15) is 16.0 Å². The van der Waals surface area contributed by atoms with E-state index < -0.39 is 0 Å². The average molecular weight is 473 g/mol. The summed E-state index contributed by atoms with van der Waals surface area (Å²) in [6, 6.07) is 16.0. The van der Waals surface area contributed by atoms with E-state index in [-0.39, 0.29) is 5.56 Å². The molecule has 2 aromatic heterocycles. The molecule has 34 heavy (non-hydrogen) atoms. The first-order chi connectivity index (χ1) is 16.7. The van der Waals surface area contributed by atoms with Crippen LogP contribution in [0.15, 0.2) is 65.0 Å². The van der Waals surface area contributed by atoms with Crippen molar-refractivity contribution in [2.75, 3.05) is 36.5 Å². The number of thiazole rings is 1. The Hall–Kier alpha value is -3.62. The number of rotatable bonds is 5. The van der Waals surface area contributed by atoms with Crippen molar-refractivity contribution in [2.45, 2.75) is 13.0 Å². The number of morpholine rings is 1. The molecule has 2 aromatic carbocycles. The molecular formula is C26H24N4O3S. The van der Waals surface area contributed by atoms with Gasteiger partial charge in [0.15, 0.2) is 0 Å². The van der Waals surface area contributed by atoms with Gasteiger partial charge in [-0.2, -0.15) is 0 Å². The Morgan fingerprint density at radius 2 is 2.00 bits per heavy atom. The lowest BCUT2D eigenvalue weighted by Gasteiger charge is -2.29. The van der Waals surface area contributed by atoms with Crippen LogP contribution < -0.4 is 20.5 Å². The summed E-state index contributed by atoms with van der Waals surface area (Å²) in [5.41, 5.74) is 7.57. The van der Waals surface area contributed by atoms with Gasteiger partial charge < -0.3 is 24.7 Å². The number of benzene rings is 2. The number of pyridine rings is 1. The zero-order valence-electron chi connectivity index (χ0n) is 18.5. The lowest BCUT2D eigenvalue weighted by molar-refractivity contribution is 0.122. The maximum atomic E-state index is 12.5. The highest BCUT2D eigenvalue weighted by Crippen LogP contribution is 2.43. The van der Waals surface area contributed by atoms with Gasteiger partial charge >= 0.3 is 0 Å². The summed E-state index contributed by atoms with van der Waals surface area (Å²) in [6.07, 6.45) is 2.65. The molecule has 0 atom stereocenters. The summed E-state index contributed by atoms with van der Waals surface area (Å²) in [4.78, 5) is 23.0. The Morgan fingerprint density at radius 1 is 1.09 bits per heavy atom. The van der Waals surface area contributed by atoms with Crippen LogP contribution in [0.5, 0.6) is 11.5 Å². The molecule has 7 nitrogen and oxygen atoms in total. The molecule has 0 saturated carbocycles. The molecule has 2 N–H and O–H groups in total. The predicted octanol–water partition coefficient (Wildman–Crippen LogP) is 4.64. The van der Waals surface area contributed by atoms with E-state index in [9.17, 15) is 4.79 Å². The number of aromatic nitrogens is 2. The molecule has 0 unspecified atom stereocenters. The Kier molecular flexibility index (Phi) is 5.52. The molecule has 0 radical (unpaired) electrons. The Bertz CT molecular complexity index is 1380. The number of ether oxygens (including phenoxy) is 2. The number of nitrogens with zero attached hydrogens (tertiary/aromatic N) is 2. The topological polar surface area (TPSA) is 79.5 Å². The summed E-state index contributed by atoms with van der Waals surface area (Å²) in [5.74, 6) is 1.64. The number of hydrogen-bond acceptors (Lipinski definition) is 7. The summed E-state index contributed by atoms with van der Waals surface area (Å²) >= 11 is 1.64. The van der Waals surface area contributed by atoms with Crippen molar-refractivity contribution in [3.63, 3.8) is 0 Å². The van der Waals surface area contributed by atoms with E-state index in [1.807, 2.05) is 42.0 Å². The van der Waals surface area contributed by atoms with Crippen molar-refractivity contribution >= 4 is 22.7 Å². The fourth-order valence-corrected chi connectivity index (χ4v) is 5.03. The molecular weight excluding hydrogens is 448 g/mol. The van der Waals surface area contributed by atoms with Gasteiger partial charge in [-0.25, -0.2) is 0 Å². The van der Waals surface area contributed by atoms with Crippen LogP contribution in [-0.2, 0) is 17.7 Å². The minimum absolute atomic E-state index is 0.121. The highest BCUT2D eigenvalue weighted by atomic mass is 32.1. The average Bonchev–Trinajstić information content (AvgIpc) is 3.40. The first-order valence-corrected chi connectivity index (χ1v) is 12.2. The molecule has 1 fully saturated rings. The minimum Gasteiger partial charge on any atom is -0.456 e. The van der Waals surface area contributed by atoms with Crippen LogP contribution >= 0.6 is 11.3 Å². The summed E-state index contributed by atoms with van der Waals surface area (Å²) in [5, 5.41) is 3.46. The van der Waals surface area contributed by atoms with Crippen molar-refractivity contribution < 1.29 is 9.47 Å². The molecule has 0 amide bonds. The summed E-state index contributed by atoms with van der Waals surface area (Å²) in [6.45, 7) is 3.64. The Morgan fingerprint density at radius 3 is 2.85 bits per heavy atom. The predicted molar refractivity (Wildman–Crippen MR) is 134 cm³/mol. The minimum atomic E-state index is -0.121. The second kappa shape index (κ2) is 8.96. The van der Waals surface area contributed by atoms with Gasteiger partial charge in [-0.05, 0) is 35.9 Å². The lowest BCUT2D eigenvalue weighted by Crippen LogP contribution is -2.36. The second-order valence-corrected chi connectivity index (χ2v) is 9.40. The number of hydrogen-bond donors (Lipinski definition) is 2. The molecule has 172 valence electrons. The maximum absolute atomic E-state index is 12.5. The van der Waals surface area contributed by atoms with E-state index in [1.54, 1.807) is 17.4 Å². The maximum Gasteiger partial charge on any atom is 0.250 e. The molecule has 4 aromatic rings. The van der Waals surface area contributed by atoms with Crippen molar-refractivity contribution in [3.8, 4) is 22.8 Å². The van der Waals surface area contributed by atoms with E-state index in [1.165, 1.54) is 4.88 Å². The third kappa shape index (κ3) is 4.18. The fourth-order valence-electron chi connectivity index (χ4n) is 4.50. The third-order valence-electron chi connectivity index (χ3n) is 6.20. The molecule has 1 saturated heterocycles. The van der Waals surface area contributed by atoms with Crippen LogP contribution in [0.3, 0.4) is 0 Å². The van der Waals surface area contributed by atoms with Crippen molar-refractivity contribution in [2.24, 2.45) is 0 Å². The molecule has 2 aliphatic heterocycles. The molecule has 2 aliphatic rings. The largest absolute Gasteiger partial charge is 0.456 e. The van der Waals surface area contributed by atoms with Crippen molar-refractivity contribution in [1.29, 1.82) is 0 Å². The van der Waals surface area contributed by atoms with E-state index in [2.05, 4.69) is 32.3 Å². The van der Waals surface area contributed by atoms with Crippen LogP contribution in [0, 0.1) is 0 Å². The molecule has 4 heterocycles. The number of H-pyrrole nitrogens is 1. The quantitative estimate of drug-likeness (QED) is 0.388. The van der Waals surface area contributed by atoms with Crippen molar-refractivity contribution in [1.82, 2.24) is 9.97 Å². The van der Waals surface area contributed by atoms with Crippen LogP contribution in [0.4, 0.5) is 11.4 Å². The first-order valence-electron chi connectivity index (χ1n) is 11.3. The van der Waals surface area contributed by atoms with E-state index in [4.69, 9.17) is 9.47 Å². The highest BCUT2D eigenvalue weighted by Gasteiger charge is 2.22. The van der Waals surface area contributed by atoms with E-state index in [0.29, 0.717) is 13.2 Å². The molecule has 0 bridgehead atoms. The monoisotopic (exact) mass is 472 g/mol. The number of para-hydroxylation sites is 1. The number of aromatic amines is 1. The van der Waals surface area contributed by atoms with Gasteiger partial charge in [-0.1, -0.05) is 12.1 Å². The van der Waals surface area contributed by atoms with Gasteiger partial charge in [0.05, 0.1) is 31.0 Å². The van der Waals surface area contributed by atoms with Crippen LogP contribution in [-0.4, -0.2) is 36.3 Å². The molecule has 0 spiro atoms. The smallest absolute Gasteiger partial charge is 0.250 e. The highest BCUT2D eigenvalue weighted by molar-refractivity contribution is 7.09. The summed E-state index contributed by atoms with van der Waals surface area (Å²) in [7, 11) is 0. The first kappa shape index (κ1) is 20.9. The van der Waals surface area contributed by atoms with Gasteiger partial charge in [0.25, 0.3) is 0 Å². The van der Waals surface area contributed by atoms with Gasteiger partial charge in [-0.3, -0.25) is 9.78 Å². The molecule has 0 aliphatic carbocycles. The van der Waals surface area contributed by atoms with Crippen molar-refractivity contribution in [3.05, 3.63) is 86.6 Å². The standard InChI is InChI=1S/C26H24N4O3S/c31-25-13-20(30-6-8-32-9-7-30)12-23(29-25)22-3-1-2-17-10-18-11-19(4-5-24(18)33-26(17)22)28-15-21-14-27-16-34-21/h1-5,11-14,16,28H,6-10,15H2,(H,29,31). The number of nitrogens with one attached hydrogen (secondary N) is 2. The molecule has 6 rings (SSSR count). The fraction of sp³-hybridized carbons (Fsp3) is 0.231. The third-order valence-corrected chi connectivity index (χ3v) is 6.98. The van der Waals surface area contributed by atoms with Gasteiger partial charge in [0.1, 0.15) is 11.5 Å². The lowest BCUT2D eigenvalue weighted by atomic mass is 9.96. The Balaban J connectivity index is 1.29. The van der Waals surface area contributed by atoms with Gasteiger partial charge in [0, 0.05) is 59.2 Å². The van der Waals surface area contributed by atoms with E-state index >= 15 is 0 Å². The SMILES string of the molecule is O=c1cc(N2CCOCC2)cc(-c2cccc3c2Oc2ccc(NCc4cncs4)cc2C3)[nH]1. The van der Waals surface area contributed by atoms with E-state index in [0.717, 1.165) is 71.3 Å². The zero-order chi connectivity index (χ0) is 22.9. The number of anilines is 2. The summed E-state index contributed by atoms with van der Waals surface area (Å²) < 4.78 is 11.9.